The summed E-state index contributed by atoms with van der Waals surface area (Å²) in [5.74, 6) is 1.45. The minimum absolute atomic E-state index is 0.0313. The van der Waals surface area contributed by atoms with Crippen molar-refractivity contribution in [2.75, 3.05) is 27.3 Å². The second-order valence-corrected chi connectivity index (χ2v) is 4.71. The minimum Gasteiger partial charge on any atom is -0.497 e. The molecule has 0 spiro atoms. The first kappa shape index (κ1) is 17.1. The molecule has 0 radical (unpaired) electrons. The Labute approximate surface area is 127 Å². The molecule has 1 aromatic carbocycles. The summed E-state index contributed by atoms with van der Waals surface area (Å²) in [4.78, 5) is 14.0. The second-order valence-electron chi connectivity index (χ2n) is 4.71. The van der Waals surface area contributed by atoms with E-state index in [1.54, 1.807) is 32.4 Å². The molecule has 0 aliphatic rings. The van der Waals surface area contributed by atoms with Gasteiger partial charge in [0.2, 0.25) is 5.91 Å². The molecule has 0 aliphatic heterocycles. The van der Waals surface area contributed by atoms with Crippen molar-refractivity contribution >= 4 is 12.0 Å². The number of nitrogens with zero attached hydrogens (tertiary/aromatic N) is 1. The maximum absolute atomic E-state index is 12.1. The van der Waals surface area contributed by atoms with Crippen molar-refractivity contribution in [3.8, 4) is 11.5 Å². The quantitative estimate of drug-likeness (QED) is 0.689. The zero-order chi connectivity index (χ0) is 15.7. The van der Waals surface area contributed by atoms with Gasteiger partial charge in [-0.05, 0) is 31.6 Å². The van der Waals surface area contributed by atoms with Gasteiger partial charge in [0.15, 0.2) is 0 Å². The molecule has 0 N–H and O–H groups in total. The van der Waals surface area contributed by atoms with Gasteiger partial charge in [-0.3, -0.25) is 4.79 Å². The Bertz CT molecular complexity index is 483. The Morgan fingerprint density at radius 3 is 2.57 bits per heavy atom. The minimum atomic E-state index is 0.0313. The zero-order valence-electron chi connectivity index (χ0n) is 13.4. The first-order chi connectivity index (χ1) is 10.2. The van der Waals surface area contributed by atoms with Crippen LogP contribution in [0.25, 0.3) is 6.08 Å². The standard InChI is InChI=1S/C17H25NO3/c1-5-7-12-18(6-2)17(19)11-9-14-8-10-15(20-3)13-16(14)21-4/h8-11,13H,5-7,12H2,1-4H3. The molecule has 0 saturated carbocycles. The topological polar surface area (TPSA) is 38.8 Å². The number of benzene rings is 1. The fraction of sp³-hybridized carbons (Fsp3) is 0.471. The van der Waals surface area contributed by atoms with Crippen molar-refractivity contribution in [2.45, 2.75) is 26.7 Å². The van der Waals surface area contributed by atoms with Crippen molar-refractivity contribution in [1.82, 2.24) is 4.90 Å². The van der Waals surface area contributed by atoms with Crippen LogP contribution in [-0.4, -0.2) is 38.1 Å². The SMILES string of the molecule is CCCCN(CC)C(=O)C=Cc1ccc(OC)cc1OC. The molecular weight excluding hydrogens is 266 g/mol. The van der Waals surface area contributed by atoms with Crippen LogP contribution >= 0.6 is 0 Å². The van der Waals surface area contributed by atoms with Gasteiger partial charge in [-0.25, -0.2) is 0 Å². The summed E-state index contributed by atoms with van der Waals surface area (Å²) >= 11 is 0. The molecule has 0 unspecified atom stereocenters. The van der Waals surface area contributed by atoms with Gasteiger partial charge in [0.1, 0.15) is 11.5 Å². The van der Waals surface area contributed by atoms with Crippen molar-refractivity contribution < 1.29 is 14.3 Å². The number of methoxy groups -OCH3 is 2. The third kappa shape index (κ3) is 5.14. The number of hydrogen-bond donors (Lipinski definition) is 0. The van der Waals surface area contributed by atoms with E-state index in [1.165, 1.54) is 0 Å². The average molecular weight is 291 g/mol. The number of amides is 1. The number of ether oxygens (including phenoxy) is 2. The molecule has 0 bridgehead atoms. The Balaban J connectivity index is 2.81. The molecule has 1 amide bonds. The Kier molecular flexibility index (Phi) is 7.37. The normalized spacial score (nSPS) is 10.7. The molecule has 1 aromatic rings. The van der Waals surface area contributed by atoms with Gasteiger partial charge in [0.25, 0.3) is 0 Å². The monoisotopic (exact) mass is 291 g/mol. The van der Waals surface area contributed by atoms with Crippen LogP contribution < -0.4 is 9.47 Å². The molecule has 0 fully saturated rings. The zero-order valence-corrected chi connectivity index (χ0v) is 13.4. The molecule has 116 valence electrons. The first-order valence-electron chi connectivity index (χ1n) is 7.35. The third-order valence-electron chi connectivity index (χ3n) is 3.32. The number of carbonyl (C=O) groups excluding carboxylic acids is 1. The summed E-state index contributed by atoms with van der Waals surface area (Å²) in [6, 6.07) is 5.53. The Hall–Kier alpha value is -1.97. The van der Waals surface area contributed by atoms with Crippen LogP contribution in [0.5, 0.6) is 11.5 Å². The summed E-state index contributed by atoms with van der Waals surface area (Å²) in [6.45, 7) is 5.64. The Morgan fingerprint density at radius 2 is 2.00 bits per heavy atom. The van der Waals surface area contributed by atoms with Crippen LogP contribution in [0.4, 0.5) is 0 Å². The lowest BCUT2D eigenvalue weighted by molar-refractivity contribution is -0.125. The predicted octanol–water partition coefficient (Wildman–Crippen LogP) is 3.37. The number of carbonyl (C=O) groups is 1. The highest BCUT2D eigenvalue weighted by molar-refractivity contribution is 5.92. The third-order valence-corrected chi connectivity index (χ3v) is 3.32. The number of rotatable bonds is 8. The lowest BCUT2D eigenvalue weighted by Crippen LogP contribution is -2.30. The smallest absolute Gasteiger partial charge is 0.246 e. The van der Waals surface area contributed by atoms with Crippen LogP contribution in [0.15, 0.2) is 24.3 Å². The van der Waals surface area contributed by atoms with Crippen LogP contribution in [0.1, 0.15) is 32.3 Å². The molecule has 0 heterocycles. The number of unbranched alkanes of at least 4 members (excludes halogenated alkanes) is 1. The molecule has 1 rings (SSSR count). The molecule has 0 saturated heterocycles. The van der Waals surface area contributed by atoms with E-state index in [4.69, 9.17) is 9.47 Å². The van der Waals surface area contributed by atoms with E-state index < -0.39 is 0 Å². The number of likely N-dealkylation sites (N-methyl/N-ethyl adjacent to an activating group) is 1. The lowest BCUT2D eigenvalue weighted by atomic mass is 10.1. The van der Waals surface area contributed by atoms with Crippen molar-refractivity contribution in [3.63, 3.8) is 0 Å². The van der Waals surface area contributed by atoms with Crippen LogP contribution in [0.2, 0.25) is 0 Å². The summed E-state index contributed by atoms with van der Waals surface area (Å²) in [7, 11) is 3.22. The molecule has 0 aliphatic carbocycles. The molecule has 0 atom stereocenters. The molecule has 21 heavy (non-hydrogen) atoms. The predicted molar refractivity (Wildman–Crippen MR) is 85.7 cm³/mol. The second kappa shape index (κ2) is 9.06. The van der Waals surface area contributed by atoms with Gasteiger partial charge in [0.05, 0.1) is 14.2 Å². The summed E-state index contributed by atoms with van der Waals surface area (Å²) in [5.41, 5.74) is 0.859. The summed E-state index contributed by atoms with van der Waals surface area (Å²) in [6.07, 6.45) is 5.50. The van der Waals surface area contributed by atoms with Crippen LogP contribution in [0, 0.1) is 0 Å². The van der Waals surface area contributed by atoms with Crippen LogP contribution in [0.3, 0.4) is 0 Å². The Morgan fingerprint density at radius 1 is 1.24 bits per heavy atom. The van der Waals surface area contributed by atoms with Crippen molar-refractivity contribution in [2.24, 2.45) is 0 Å². The van der Waals surface area contributed by atoms with Gasteiger partial charge in [-0.1, -0.05) is 13.3 Å². The van der Waals surface area contributed by atoms with Gasteiger partial charge in [0, 0.05) is 30.8 Å². The highest BCUT2D eigenvalue weighted by Gasteiger charge is 2.08. The highest BCUT2D eigenvalue weighted by Crippen LogP contribution is 2.25. The van der Waals surface area contributed by atoms with Crippen molar-refractivity contribution in [3.05, 3.63) is 29.8 Å². The molecule has 4 nitrogen and oxygen atoms in total. The average Bonchev–Trinajstić information content (AvgIpc) is 2.53. The molecule has 4 heteroatoms. The van der Waals surface area contributed by atoms with E-state index >= 15 is 0 Å². The maximum atomic E-state index is 12.1. The van der Waals surface area contributed by atoms with Gasteiger partial charge < -0.3 is 14.4 Å². The fourth-order valence-electron chi connectivity index (χ4n) is 2.00. The van der Waals surface area contributed by atoms with E-state index in [-0.39, 0.29) is 5.91 Å². The first-order valence-corrected chi connectivity index (χ1v) is 7.35. The van der Waals surface area contributed by atoms with Crippen molar-refractivity contribution in [1.29, 1.82) is 0 Å². The summed E-state index contributed by atoms with van der Waals surface area (Å²) in [5, 5.41) is 0. The molecular formula is C17H25NO3. The van der Waals surface area contributed by atoms with Gasteiger partial charge >= 0.3 is 0 Å². The lowest BCUT2D eigenvalue weighted by Gasteiger charge is -2.18. The van der Waals surface area contributed by atoms with E-state index in [0.29, 0.717) is 5.75 Å². The maximum Gasteiger partial charge on any atom is 0.246 e. The van der Waals surface area contributed by atoms with Crippen LogP contribution in [-0.2, 0) is 4.79 Å². The summed E-state index contributed by atoms with van der Waals surface area (Å²) < 4.78 is 10.5. The fourth-order valence-corrected chi connectivity index (χ4v) is 2.00. The largest absolute Gasteiger partial charge is 0.497 e. The van der Waals surface area contributed by atoms with E-state index in [0.717, 1.165) is 37.2 Å². The van der Waals surface area contributed by atoms with Gasteiger partial charge in [-0.2, -0.15) is 0 Å². The highest BCUT2D eigenvalue weighted by atomic mass is 16.5. The number of hydrogen-bond acceptors (Lipinski definition) is 3. The van der Waals surface area contributed by atoms with E-state index in [2.05, 4.69) is 6.92 Å². The molecule has 0 aromatic heterocycles. The van der Waals surface area contributed by atoms with E-state index in [9.17, 15) is 4.79 Å². The van der Waals surface area contributed by atoms with E-state index in [1.807, 2.05) is 24.0 Å². The van der Waals surface area contributed by atoms with Gasteiger partial charge in [-0.15, -0.1) is 0 Å².